The number of carbonyl (C=O) groups excluding carboxylic acids is 1. The van der Waals surface area contributed by atoms with E-state index in [9.17, 15) is 4.79 Å². The molecule has 2 rings (SSSR count). The third kappa shape index (κ3) is 2.57. The van der Waals surface area contributed by atoms with Crippen molar-refractivity contribution in [1.29, 1.82) is 0 Å². The first kappa shape index (κ1) is 11.9. The fourth-order valence-corrected chi connectivity index (χ4v) is 2.30. The summed E-state index contributed by atoms with van der Waals surface area (Å²) in [7, 11) is 0. The van der Waals surface area contributed by atoms with E-state index < -0.39 is 0 Å². The Morgan fingerprint density at radius 3 is 2.59 bits per heavy atom. The van der Waals surface area contributed by atoms with Crippen LogP contribution in [0.25, 0.3) is 5.57 Å². The molecule has 1 aliphatic carbocycles. The number of nitrogens with two attached hydrogens (primary N) is 1. The first-order valence-electron chi connectivity index (χ1n) is 6.08. The number of allylic oxidation sites excluding steroid dienone is 2. The molecule has 0 saturated heterocycles. The summed E-state index contributed by atoms with van der Waals surface area (Å²) in [5.41, 5.74) is 8.70. The summed E-state index contributed by atoms with van der Waals surface area (Å²) in [6.07, 6.45) is 5.50. The number of carbonyl (C=O) groups is 1. The van der Waals surface area contributed by atoms with E-state index in [1.54, 1.807) is 6.07 Å². The molecule has 17 heavy (non-hydrogen) atoms. The molecule has 2 N–H and O–H groups in total. The Kier molecular flexibility index (Phi) is 3.05. The van der Waals surface area contributed by atoms with Crippen molar-refractivity contribution in [2.75, 3.05) is 0 Å². The van der Waals surface area contributed by atoms with Crippen LogP contribution in [0, 0.1) is 5.41 Å². The minimum absolute atomic E-state index is 0.341. The van der Waals surface area contributed by atoms with Crippen molar-refractivity contribution in [2.24, 2.45) is 11.1 Å². The van der Waals surface area contributed by atoms with Gasteiger partial charge < -0.3 is 5.73 Å². The third-order valence-electron chi connectivity index (χ3n) is 3.51. The molecule has 90 valence electrons. The lowest BCUT2D eigenvalue weighted by Gasteiger charge is -2.29. The molecule has 1 aromatic rings. The van der Waals surface area contributed by atoms with Gasteiger partial charge in [-0.05, 0) is 41.9 Å². The fraction of sp³-hybridized carbons (Fsp3) is 0.400. The molecular formula is C15H19NO. The smallest absolute Gasteiger partial charge is 0.249 e. The quantitative estimate of drug-likeness (QED) is 0.830. The molecule has 0 radical (unpaired) electrons. The van der Waals surface area contributed by atoms with Crippen molar-refractivity contribution in [3.8, 4) is 0 Å². The molecule has 0 heterocycles. The van der Waals surface area contributed by atoms with Crippen molar-refractivity contribution in [1.82, 2.24) is 0 Å². The van der Waals surface area contributed by atoms with Gasteiger partial charge in [-0.3, -0.25) is 4.79 Å². The Balaban J connectivity index is 2.36. The largest absolute Gasteiger partial charge is 0.366 e. The van der Waals surface area contributed by atoms with Gasteiger partial charge in [-0.15, -0.1) is 0 Å². The Morgan fingerprint density at radius 2 is 2.00 bits per heavy atom. The fourth-order valence-electron chi connectivity index (χ4n) is 2.30. The van der Waals surface area contributed by atoms with Crippen LogP contribution in [-0.4, -0.2) is 5.91 Å². The molecule has 0 unspecified atom stereocenters. The van der Waals surface area contributed by atoms with E-state index in [1.807, 2.05) is 18.2 Å². The minimum Gasteiger partial charge on any atom is -0.366 e. The first-order chi connectivity index (χ1) is 7.99. The Bertz CT molecular complexity index is 472. The molecular weight excluding hydrogens is 210 g/mol. The van der Waals surface area contributed by atoms with Crippen molar-refractivity contribution in [3.05, 3.63) is 41.5 Å². The number of primary amides is 1. The van der Waals surface area contributed by atoms with E-state index in [0.717, 1.165) is 24.8 Å². The van der Waals surface area contributed by atoms with Gasteiger partial charge in [-0.25, -0.2) is 0 Å². The molecule has 2 heteroatoms. The zero-order valence-corrected chi connectivity index (χ0v) is 10.5. The lowest BCUT2D eigenvalue weighted by molar-refractivity contribution is 0.1000. The second-order valence-corrected chi connectivity index (χ2v) is 5.51. The van der Waals surface area contributed by atoms with Gasteiger partial charge in [0, 0.05) is 5.56 Å². The van der Waals surface area contributed by atoms with Crippen LogP contribution in [0.4, 0.5) is 0 Å². The Hall–Kier alpha value is -1.57. The molecule has 1 amide bonds. The topological polar surface area (TPSA) is 43.1 Å². The highest BCUT2D eigenvalue weighted by Gasteiger charge is 2.23. The van der Waals surface area contributed by atoms with Crippen LogP contribution >= 0.6 is 0 Å². The summed E-state index contributed by atoms with van der Waals surface area (Å²) in [5, 5.41) is 0. The zero-order valence-electron chi connectivity index (χ0n) is 10.5. The van der Waals surface area contributed by atoms with E-state index in [1.165, 1.54) is 5.57 Å². The van der Waals surface area contributed by atoms with Gasteiger partial charge in [-0.2, -0.15) is 0 Å². The predicted octanol–water partition coefficient (Wildman–Crippen LogP) is 3.38. The van der Waals surface area contributed by atoms with Gasteiger partial charge in [0.2, 0.25) is 5.91 Å². The second-order valence-electron chi connectivity index (χ2n) is 5.51. The van der Waals surface area contributed by atoms with Crippen molar-refractivity contribution < 1.29 is 4.79 Å². The van der Waals surface area contributed by atoms with Crippen LogP contribution in [0.1, 0.15) is 49.0 Å². The number of rotatable bonds is 2. The second kappa shape index (κ2) is 4.36. The average molecular weight is 229 g/mol. The van der Waals surface area contributed by atoms with Crippen LogP contribution in [0.2, 0.25) is 0 Å². The van der Waals surface area contributed by atoms with Crippen molar-refractivity contribution in [2.45, 2.75) is 33.1 Å². The summed E-state index contributed by atoms with van der Waals surface area (Å²) in [6.45, 7) is 4.56. The van der Waals surface area contributed by atoms with Crippen LogP contribution in [0.15, 0.2) is 30.3 Å². The van der Waals surface area contributed by atoms with Gasteiger partial charge in [-0.1, -0.05) is 38.1 Å². The molecule has 1 aliphatic rings. The van der Waals surface area contributed by atoms with Gasteiger partial charge in [0.15, 0.2) is 0 Å². The number of amides is 1. The van der Waals surface area contributed by atoms with Crippen LogP contribution in [0.3, 0.4) is 0 Å². The van der Waals surface area contributed by atoms with Gasteiger partial charge >= 0.3 is 0 Å². The Morgan fingerprint density at radius 1 is 1.29 bits per heavy atom. The molecule has 0 aromatic heterocycles. The molecule has 2 nitrogen and oxygen atoms in total. The van der Waals surface area contributed by atoms with Crippen LogP contribution in [0.5, 0.6) is 0 Å². The number of hydrogen-bond donors (Lipinski definition) is 1. The SMILES string of the molecule is CC1(C)CC=C(c2ccccc2C(N)=O)CC1. The highest BCUT2D eigenvalue weighted by molar-refractivity contribution is 5.98. The monoisotopic (exact) mass is 229 g/mol. The average Bonchev–Trinajstić information content (AvgIpc) is 2.29. The lowest BCUT2D eigenvalue weighted by Crippen LogP contribution is -2.17. The van der Waals surface area contributed by atoms with Gasteiger partial charge in [0.05, 0.1) is 0 Å². The molecule has 0 saturated carbocycles. The Labute approximate surface area is 103 Å². The minimum atomic E-state index is -0.341. The van der Waals surface area contributed by atoms with Crippen molar-refractivity contribution in [3.63, 3.8) is 0 Å². The normalized spacial score (nSPS) is 18.6. The van der Waals surface area contributed by atoms with E-state index in [0.29, 0.717) is 11.0 Å². The summed E-state index contributed by atoms with van der Waals surface area (Å²) in [5.74, 6) is -0.341. The molecule has 0 aliphatic heterocycles. The van der Waals surface area contributed by atoms with E-state index in [2.05, 4.69) is 19.9 Å². The molecule has 0 bridgehead atoms. The highest BCUT2D eigenvalue weighted by Crippen LogP contribution is 2.38. The third-order valence-corrected chi connectivity index (χ3v) is 3.51. The summed E-state index contributed by atoms with van der Waals surface area (Å²) in [4.78, 5) is 11.4. The van der Waals surface area contributed by atoms with Crippen LogP contribution < -0.4 is 5.73 Å². The maximum Gasteiger partial charge on any atom is 0.249 e. The summed E-state index contributed by atoms with van der Waals surface area (Å²) in [6, 6.07) is 7.61. The molecule has 0 fully saturated rings. The summed E-state index contributed by atoms with van der Waals surface area (Å²) < 4.78 is 0. The van der Waals surface area contributed by atoms with Gasteiger partial charge in [0.25, 0.3) is 0 Å². The molecule has 0 atom stereocenters. The number of hydrogen-bond acceptors (Lipinski definition) is 1. The zero-order chi connectivity index (χ0) is 12.5. The molecule has 0 spiro atoms. The maximum absolute atomic E-state index is 11.4. The van der Waals surface area contributed by atoms with Crippen LogP contribution in [-0.2, 0) is 0 Å². The highest BCUT2D eigenvalue weighted by atomic mass is 16.1. The first-order valence-corrected chi connectivity index (χ1v) is 6.08. The van der Waals surface area contributed by atoms with E-state index in [-0.39, 0.29) is 5.91 Å². The van der Waals surface area contributed by atoms with Crippen molar-refractivity contribution >= 4 is 11.5 Å². The predicted molar refractivity (Wildman–Crippen MR) is 70.6 cm³/mol. The van der Waals surface area contributed by atoms with E-state index >= 15 is 0 Å². The van der Waals surface area contributed by atoms with Gasteiger partial charge in [0.1, 0.15) is 0 Å². The molecule has 1 aromatic carbocycles. The lowest BCUT2D eigenvalue weighted by atomic mass is 9.76. The maximum atomic E-state index is 11.4. The standard InChI is InChI=1S/C15H19NO/c1-15(2)9-7-11(8-10-15)12-5-3-4-6-13(12)14(16)17/h3-7H,8-10H2,1-2H3,(H2,16,17). The van der Waals surface area contributed by atoms with E-state index in [4.69, 9.17) is 5.73 Å². The number of benzene rings is 1. The summed E-state index contributed by atoms with van der Waals surface area (Å²) >= 11 is 0.